The van der Waals surface area contributed by atoms with Crippen LogP contribution in [0.15, 0.2) is 18.2 Å². The van der Waals surface area contributed by atoms with Gasteiger partial charge in [0, 0.05) is 25.6 Å². The number of carbonyl (C=O) groups is 2. The molecular formula is C24H26F6N4O5S. The van der Waals surface area contributed by atoms with E-state index in [9.17, 15) is 44.3 Å². The summed E-state index contributed by atoms with van der Waals surface area (Å²) in [6.45, 7) is -0.901. The maximum atomic E-state index is 13.4. The number of nitrogens with zero attached hydrogens (tertiary/aromatic N) is 2. The molecule has 2 heterocycles. The highest BCUT2D eigenvalue weighted by molar-refractivity contribution is 7.91. The first-order valence-electron chi connectivity index (χ1n) is 12.2. The van der Waals surface area contributed by atoms with Gasteiger partial charge in [0.05, 0.1) is 17.8 Å². The van der Waals surface area contributed by atoms with E-state index in [0.717, 1.165) is 22.1 Å². The number of fused-ring (bicyclic) bond motifs is 3. The van der Waals surface area contributed by atoms with E-state index < -0.39 is 58.5 Å². The van der Waals surface area contributed by atoms with Crippen LogP contribution in [0.3, 0.4) is 0 Å². The average Bonchev–Trinajstić information content (AvgIpc) is 3.31. The van der Waals surface area contributed by atoms with Gasteiger partial charge in [-0.1, -0.05) is 18.2 Å². The number of amides is 2. The maximum Gasteiger partial charge on any atom is 0.522 e. The van der Waals surface area contributed by atoms with Crippen LogP contribution < -0.4 is 10.6 Å². The fourth-order valence-electron chi connectivity index (χ4n) is 5.14. The molecule has 1 aromatic carbocycles. The topological polar surface area (TPSA) is 119 Å². The lowest BCUT2D eigenvalue weighted by molar-refractivity contribution is -0.324. The molecule has 1 aliphatic heterocycles. The number of nitrogens with one attached hydrogen (secondary N) is 2. The lowest BCUT2D eigenvalue weighted by atomic mass is 9.82. The Kier molecular flexibility index (Phi) is 7.97. The first-order valence-corrected chi connectivity index (χ1v) is 14.3. The quantitative estimate of drug-likeness (QED) is 0.338. The van der Waals surface area contributed by atoms with Crippen molar-refractivity contribution in [3.63, 3.8) is 0 Å². The highest BCUT2D eigenvalue weighted by atomic mass is 32.2. The van der Waals surface area contributed by atoms with Crippen molar-refractivity contribution in [3.05, 3.63) is 46.1 Å². The number of aromatic nitrogens is 2. The number of alkyl halides is 6. The second-order valence-corrected chi connectivity index (χ2v) is 12.1. The molecule has 1 atom stereocenters. The highest BCUT2D eigenvalue weighted by Gasteiger charge is 2.46. The van der Waals surface area contributed by atoms with Gasteiger partial charge in [-0.15, -0.1) is 13.2 Å². The van der Waals surface area contributed by atoms with Crippen LogP contribution in [0.25, 0.3) is 0 Å². The molecule has 1 spiro atoms. The summed E-state index contributed by atoms with van der Waals surface area (Å²) >= 11 is 0. The molecule has 0 unspecified atom stereocenters. The Morgan fingerprint density at radius 1 is 1.23 bits per heavy atom. The van der Waals surface area contributed by atoms with Gasteiger partial charge in [0.15, 0.2) is 9.84 Å². The molecule has 2 amide bonds. The number of sulfone groups is 1. The summed E-state index contributed by atoms with van der Waals surface area (Å²) in [5.74, 6) is -2.63. The van der Waals surface area contributed by atoms with E-state index in [4.69, 9.17) is 0 Å². The molecule has 40 heavy (non-hydrogen) atoms. The molecule has 1 aromatic heterocycles. The number of hydrogen-bond acceptors (Lipinski definition) is 6. The number of benzene rings is 1. The number of carbonyl (C=O) groups excluding carboxylic acids is 2. The summed E-state index contributed by atoms with van der Waals surface area (Å²) in [5.41, 5.74) is 1.29. The summed E-state index contributed by atoms with van der Waals surface area (Å²) in [7, 11) is -3.73. The molecular weight excluding hydrogens is 570 g/mol. The first-order chi connectivity index (χ1) is 18.4. The molecule has 4 rings (SSSR count). The Morgan fingerprint density at radius 2 is 1.95 bits per heavy atom. The van der Waals surface area contributed by atoms with Gasteiger partial charge in [-0.3, -0.25) is 14.3 Å². The van der Waals surface area contributed by atoms with Crippen LogP contribution in [0.5, 0.6) is 0 Å². The predicted molar refractivity (Wildman–Crippen MR) is 129 cm³/mol. The number of anilines is 1. The Morgan fingerprint density at radius 3 is 2.60 bits per heavy atom. The Balaban J connectivity index is 1.62. The standard InChI is InChI=1S/C24H26F6N4O5S/c1-40(37,38)13-18(35)31-20-19-17(33-34(20)9-2-10-39-24(28,29)30)12-22(32-21(19)36)7-6-15-11-14(3-4-16(15)22)5-8-23(25,26)27/h3-4,11H,2,5-10,12-13H2,1H3,(H,31,35)(H,32,36)/t22-/m0/s1. The molecule has 2 aromatic rings. The van der Waals surface area contributed by atoms with E-state index in [0.29, 0.717) is 18.4 Å². The third-order valence-electron chi connectivity index (χ3n) is 6.71. The van der Waals surface area contributed by atoms with Gasteiger partial charge in [-0.05, 0) is 42.4 Å². The number of hydrogen-bond donors (Lipinski definition) is 2. The van der Waals surface area contributed by atoms with Crippen LogP contribution in [-0.2, 0) is 50.7 Å². The molecule has 0 saturated carbocycles. The Labute approximate surface area is 225 Å². The summed E-state index contributed by atoms with van der Waals surface area (Å²) in [5, 5.41) is 9.67. The minimum Gasteiger partial charge on any atom is -0.342 e. The van der Waals surface area contributed by atoms with Crippen molar-refractivity contribution in [2.24, 2.45) is 0 Å². The van der Waals surface area contributed by atoms with Crippen molar-refractivity contribution in [2.75, 3.05) is 23.9 Å². The summed E-state index contributed by atoms with van der Waals surface area (Å²) in [4.78, 5) is 25.8. The van der Waals surface area contributed by atoms with Crippen LogP contribution in [-0.4, -0.2) is 61.2 Å². The maximum absolute atomic E-state index is 13.4. The second-order valence-electron chi connectivity index (χ2n) is 9.98. The van der Waals surface area contributed by atoms with E-state index >= 15 is 0 Å². The summed E-state index contributed by atoms with van der Waals surface area (Å²) in [6, 6.07) is 4.95. The van der Waals surface area contributed by atoms with Gasteiger partial charge in [0.2, 0.25) is 5.91 Å². The zero-order valence-corrected chi connectivity index (χ0v) is 22.0. The predicted octanol–water partition coefficient (Wildman–Crippen LogP) is 3.42. The normalized spacial score (nSPS) is 18.9. The van der Waals surface area contributed by atoms with Crippen molar-refractivity contribution in [1.29, 1.82) is 0 Å². The van der Waals surface area contributed by atoms with Crippen LogP contribution in [0.1, 0.15) is 52.0 Å². The Bertz CT molecular complexity index is 1420. The largest absolute Gasteiger partial charge is 0.522 e. The van der Waals surface area contributed by atoms with Crippen molar-refractivity contribution >= 4 is 27.5 Å². The van der Waals surface area contributed by atoms with Gasteiger partial charge in [0.1, 0.15) is 17.1 Å². The molecule has 0 fully saturated rings. The molecule has 0 saturated heterocycles. The Hall–Kier alpha value is -3.14. The zero-order valence-electron chi connectivity index (χ0n) is 21.2. The minimum atomic E-state index is -4.84. The van der Waals surface area contributed by atoms with Crippen LogP contribution in [0.2, 0.25) is 0 Å². The van der Waals surface area contributed by atoms with Gasteiger partial charge >= 0.3 is 12.5 Å². The number of halogens is 6. The van der Waals surface area contributed by atoms with E-state index in [2.05, 4.69) is 20.5 Å². The monoisotopic (exact) mass is 596 g/mol. The van der Waals surface area contributed by atoms with E-state index in [-0.39, 0.29) is 42.9 Å². The van der Waals surface area contributed by atoms with Gasteiger partial charge < -0.3 is 10.6 Å². The van der Waals surface area contributed by atoms with Gasteiger partial charge in [-0.25, -0.2) is 13.1 Å². The van der Waals surface area contributed by atoms with Crippen molar-refractivity contribution in [1.82, 2.24) is 15.1 Å². The van der Waals surface area contributed by atoms with Gasteiger partial charge in [-0.2, -0.15) is 18.3 Å². The van der Waals surface area contributed by atoms with Gasteiger partial charge in [0.25, 0.3) is 5.91 Å². The van der Waals surface area contributed by atoms with E-state index in [1.165, 1.54) is 0 Å². The lowest BCUT2D eigenvalue weighted by Crippen LogP contribution is -2.50. The smallest absolute Gasteiger partial charge is 0.342 e. The van der Waals surface area contributed by atoms with E-state index in [1.807, 2.05) is 0 Å². The van der Waals surface area contributed by atoms with Crippen LogP contribution in [0, 0.1) is 0 Å². The molecule has 1 aliphatic carbocycles. The van der Waals surface area contributed by atoms with Crippen molar-refractivity contribution in [3.8, 4) is 0 Å². The van der Waals surface area contributed by atoms with Crippen molar-refractivity contribution < 1.29 is 49.1 Å². The van der Waals surface area contributed by atoms with E-state index in [1.54, 1.807) is 18.2 Å². The first kappa shape index (κ1) is 29.8. The third kappa shape index (κ3) is 7.13. The summed E-state index contributed by atoms with van der Waals surface area (Å²) < 4.78 is 103. The molecule has 2 aliphatic rings. The molecule has 220 valence electrons. The minimum absolute atomic E-state index is 0.0422. The average molecular weight is 597 g/mol. The molecule has 9 nitrogen and oxygen atoms in total. The second kappa shape index (κ2) is 10.7. The summed E-state index contributed by atoms with van der Waals surface area (Å²) in [6.07, 6.45) is -8.57. The third-order valence-corrected chi connectivity index (χ3v) is 7.50. The number of ether oxygens (including phenoxy) is 1. The molecule has 0 bridgehead atoms. The molecule has 2 N–H and O–H groups in total. The van der Waals surface area contributed by atoms with Crippen LogP contribution in [0.4, 0.5) is 32.2 Å². The fourth-order valence-corrected chi connectivity index (χ4v) is 5.69. The zero-order chi connectivity index (χ0) is 29.5. The highest BCUT2D eigenvalue weighted by Crippen LogP contribution is 2.44. The van der Waals surface area contributed by atoms with Crippen molar-refractivity contribution in [2.45, 2.75) is 63.1 Å². The molecule has 16 heteroatoms. The van der Waals surface area contributed by atoms with Crippen LogP contribution >= 0.6 is 0 Å². The SMILES string of the molecule is CS(=O)(=O)CC(=O)Nc1c2c(nn1CCCOC(F)(F)F)C[C@]1(CCc3cc(CCC(F)(F)F)ccc31)NC2=O. The fraction of sp³-hybridized carbons (Fsp3) is 0.542. The number of rotatable bonds is 9. The lowest BCUT2D eigenvalue weighted by Gasteiger charge is -2.35. The number of aryl methyl sites for hydroxylation is 3. The molecule has 0 radical (unpaired) electrons.